The molecule has 0 saturated carbocycles. The first-order chi connectivity index (χ1) is 12.0. The van der Waals surface area contributed by atoms with Crippen molar-refractivity contribution in [3.8, 4) is 0 Å². The van der Waals surface area contributed by atoms with Gasteiger partial charge in [0.1, 0.15) is 9.46 Å². The van der Waals surface area contributed by atoms with E-state index in [1.165, 1.54) is 23.7 Å². The van der Waals surface area contributed by atoms with Gasteiger partial charge in [-0.3, -0.25) is 4.79 Å². The molecule has 1 amide bonds. The van der Waals surface area contributed by atoms with Gasteiger partial charge >= 0.3 is 0 Å². The van der Waals surface area contributed by atoms with Crippen molar-refractivity contribution in [2.24, 2.45) is 0 Å². The van der Waals surface area contributed by atoms with Gasteiger partial charge < -0.3 is 9.73 Å². The maximum absolute atomic E-state index is 13.0. The van der Waals surface area contributed by atoms with E-state index >= 15 is 0 Å². The lowest BCUT2D eigenvalue weighted by Gasteiger charge is -2.18. The van der Waals surface area contributed by atoms with Crippen LogP contribution in [0.3, 0.4) is 0 Å². The highest BCUT2D eigenvalue weighted by Crippen LogP contribution is 2.31. The van der Waals surface area contributed by atoms with Gasteiger partial charge in [-0.2, -0.15) is 0 Å². The molecule has 3 aromatic rings. The minimum atomic E-state index is -3.61. The molecule has 0 bridgehead atoms. The number of thiophene rings is 1. The molecule has 0 spiro atoms. The molecule has 0 aliphatic rings. The van der Waals surface area contributed by atoms with Gasteiger partial charge in [-0.25, -0.2) is 8.42 Å². The number of benzene rings is 1. The molecule has 7 heteroatoms. The second-order valence-electron chi connectivity index (χ2n) is 5.56. The quantitative estimate of drug-likeness (QED) is 0.714. The van der Waals surface area contributed by atoms with E-state index in [0.29, 0.717) is 5.56 Å². The summed E-state index contributed by atoms with van der Waals surface area (Å²) in [4.78, 5) is 12.1. The normalized spacial score (nSPS) is 12.7. The summed E-state index contributed by atoms with van der Waals surface area (Å²) in [7, 11) is -3.61. The van der Waals surface area contributed by atoms with Crippen molar-refractivity contribution in [1.29, 1.82) is 0 Å². The number of sulfone groups is 1. The van der Waals surface area contributed by atoms with Crippen molar-refractivity contribution in [2.75, 3.05) is 6.54 Å². The zero-order chi connectivity index (χ0) is 17.9. The third-order valence-corrected chi connectivity index (χ3v) is 7.32. The minimum absolute atomic E-state index is 0.0389. The average Bonchev–Trinajstić information content (AvgIpc) is 3.30. The molecule has 0 aliphatic heterocycles. The summed E-state index contributed by atoms with van der Waals surface area (Å²) >= 11 is 1.17. The molecule has 2 aromatic heterocycles. The summed E-state index contributed by atoms with van der Waals surface area (Å²) in [5, 5.41) is 3.51. The van der Waals surface area contributed by atoms with E-state index in [4.69, 9.17) is 4.42 Å². The second kappa shape index (κ2) is 7.25. The number of carbonyl (C=O) groups is 1. The first kappa shape index (κ1) is 17.4. The van der Waals surface area contributed by atoms with Crippen molar-refractivity contribution in [3.05, 3.63) is 77.1 Å². The zero-order valence-corrected chi connectivity index (χ0v) is 15.1. The number of rotatable bonds is 6. The molecule has 0 aliphatic carbocycles. The van der Waals surface area contributed by atoms with Crippen molar-refractivity contribution >= 4 is 27.1 Å². The molecule has 1 N–H and O–H groups in total. The summed E-state index contributed by atoms with van der Waals surface area (Å²) in [6, 6.07) is 13.7. The Bertz CT molecular complexity index is 928. The SMILES string of the molecule is Cc1ccc([C@@H](CNC(=O)c2ccco2)S(=O)(=O)c2cccs2)cc1. The Morgan fingerprint density at radius 2 is 1.92 bits per heavy atom. The Morgan fingerprint density at radius 1 is 1.16 bits per heavy atom. The van der Waals surface area contributed by atoms with Crippen LogP contribution < -0.4 is 5.32 Å². The lowest BCUT2D eigenvalue weighted by atomic mass is 10.1. The standard InChI is InChI=1S/C18H17NO4S2/c1-13-6-8-14(9-7-13)16(25(21,22)17-5-3-11-24-17)12-19-18(20)15-4-2-10-23-15/h2-11,16H,12H2,1H3,(H,19,20)/t16-/m1/s1. The summed E-state index contributed by atoms with van der Waals surface area (Å²) in [6.07, 6.45) is 1.40. The topological polar surface area (TPSA) is 76.4 Å². The van der Waals surface area contributed by atoms with Crippen LogP contribution in [-0.2, 0) is 9.84 Å². The van der Waals surface area contributed by atoms with Crippen LogP contribution in [0.1, 0.15) is 26.9 Å². The first-order valence-electron chi connectivity index (χ1n) is 7.64. The van der Waals surface area contributed by atoms with Gasteiger partial charge in [-0.15, -0.1) is 11.3 Å². The number of amides is 1. The van der Waals surface area contributed by atoms with Crippen molar-refractivity contribution in [2.45, 2.75) is 16.4 Å². The van der Waals surface area contributed by atoms with Crippen LogP contribution in [0.5, 0.6) is 0 Å². The second-order valence-corrected chi connectivity index (χ2v) is 8.87. The third kappa shape index (κ3) is 3.83. The highest BCUT2D eigenvalue weighted by atomic mass is 32.2. The molecule has 1 aromatic carbocycles. The summed E-state index contributed by atoms with van der Waals surface area (Å²) in [6.45, 7) is 1.90. The predicted octanol–water partition coefficient (Wildman–Crippen LogP) is 3.59. The van der Waals surface area contributed by atoms with Gasteiger partial charge in [0, 0.05) is 6.54 Å². The van der Waals surface area contributed by atoms with Crippen LogP contribution in [0.4, 0.5) is 0 Å². The van der Waals surface area contributed by atoms with Gasteiger partial charge in [0.15, 0.2) is 15.6 Å². The Kier molecular flexibility index (Phi) is 5.06. The summed E-state index contributed by atoms with van der Waals surface area (Å²) in [5.74, 6) is -0.292. The van der Waals surface area contributed by atoms with Crippen LogP contribution in [0.2, 0.25) is 0 Å². The van der Waals surface area contributed by atoms with Crippen molar-refractivity contribution in [3.63, 3.8) is 0 Å². The molecule has 0 unspecified atom stereocenters. The lowest BCUT2D eigenvalue weighted by molar-refractivity contribution is 0.0926. The Hall–Kier alpha value is -2.38. The fraction of sp³-hybridized carbons (Fsp3) is 0.167. The van der Waals surface area contributed by atoms with Crippen LogP contribution in [0.25, 0.3) is 0 Å². The number of hydrogen-bond acceptors (Lipinski definition) is 5. The molecule has 2 heterocycles. The molecule has 0 fully saturated rings. The van der Waals surface area contributed by atoms with E-state index in [0.717, 1.165) is 5.56 Å². The Balaban J connectivity index is 1.89. The van der Waals surface area contributed by atoms with Gasteiger partial charge in [-0.05, 0) is 36.1 Å². The lowest BCUT2D eigenvalue weighted by Crippen LogP contribution is -2.31. The highest BCUT2D eigenvalue weighted by molar-refractivity contribution is 7.93. The Labute approximate surface area is 150 Å². The molecule has 130 valence electrons. The van der Waals surface area contributed by atoms with Gasteiger partial charge in [0.2, 0.25) is 0 Å². The molecule has 3 rings (SSSR count). The number of furan rings is 1. The Morgan fingerprint density at radius 3 is 2.52 bits per heavy atom. The molecule has 5 nitrogen and oxygen atoms in total. The van der Waals surface area contributed by atoms with Gasteiger partial charge in [0.25, 0.3) is 5.91 Å². The number of carbonyl (C=O) groups excluding carboxylic acids is 1. The molecule has 1 atom stereocenters. The molecule has 0 saturated heterocycles. The van der Waals surface area contributed by atoms with Gasteiger partial charge in [-0.1, -0.05) is 35.9 Å². The summed E-state index contributed by atoms with van der Waals surface area (Å²) < 4.78 is 31.4. The van der Waals surface area contributed by atoms with Crippen LogP contribution in [-0.4, -0.2) is 20.9 Å². The maximum Gasteiger partial charge on any atom is 0.287 e. The number of nitrogens with one attached hydrogen (secondary N) is 1. The van der Waals surface area contributed by atoms with E-state index in [2.05, 4.69) is 5.32 Å². The predicted molar refractivity (Wildman–Crippen MR) is 96.5 cm³/mol. The van der Waals surface area contributed by atoms with Crippen LogP contribution in [0, 0.1) is 6.92 Å². The molecular formula is C18H17NO4S2. The fourth-order valence-electron chi connectivity index (χ4n) is 2.43. The molecule has 0 radical (unpaired) electrons. The number of hydrogen-bond donors (Lipinski definition) is 1. The van der Waals surface area contributed by atoms with Crippen LogP contribution >= 0.6 is 11.3 Å². The summed E-state index contributed by atoms with van der Waals surface area (Å²) in [5.41, 5.74) is 1.68. The molecule has 25 heavy (non-hydrogen) atoms. The minimum Gasteiger partial charge on any atom is -0.459 e. The average molecular weight is 375 g/mol. The van der Waals surface area contributed by atoms with Crippen molar-refractivity contribution in [1.82, 2.24) is 5.32 Å². The highest BCUT2D eigenvalue weighted by Gasteiger charge is 2.30. The largest absolute Gasteiger partial charge is 0.459 e. The first-order valence-corrected chi connectivity index (χ1v) is 10.1. The zero-order valence-electron chi connectivity index (χ0n) is 13.5. The monoisotopic (exact) mass is 375 g/mol. The van der Waals surface area contributed by atoms with E-state index < -0.39 is 21.0 Å². The van der Waals surface area contributed by atoms with E-state index in [9.17, 15) is 13.2 Å². The maximum atomic E-state index is 13.0. The van der Waals surface area contributed by atoms with Crippen molar-refractivity contribution < 1.29 is 17.6 Å². The smallest absolute Gasteiger partial charge is 0.287 e. The third-order valence-electron chi connectivity index (χ3n) is 3.79. The van der Waals surface area contributed by atoms with Gasteiger partial charge in [0.05, 0.1) is 6.26 Å². The van der Waals surface area contributed by atoms with E-state index in [1.807, 2.05) is 19.1 Å². The van der Waals surface area contributed by atoms with Crippen LogP contribution in [0.15, 0.2) is 68.8 Å². The fourth-order valence-corrected chi connectivity index (χ4v) is 5.30. The van der Waals surface area contributed by atoms with E-state index in [-0.39, 0.29) is 16.5 Å². The van der Waals surface area contributed by atoms with E-state index in [1.54, 1.807) is 35.7 Å². The number of aryl methyl sites for hydroxylation is 1. The molecular weight excluding hydrogens is 358 g/mol.